The van der Waals surface area contributed by atoms with E-state index in [0.717, 1.165) is 0 Å². The van der Waals surface area contributed by atoms with Crippen molar-refractivity contribution in [3.05, 3.63) is 58.3 Å². The molecule has 0 saturated heterocycles. The smallest absolute Gasteiger partial charge is 0.373 e. The van der Waals surface area contributed by atoms with Crippen LogP contribution in [0.2, 0.25) is 5.02 Å². The van der Waals surface area contributed by atoms with Gasteiger partial charge in [-0.1, -0.05) is 17.7 Å². The molecule has 20 heavy (non-hydrogen) atoms. The quantitative estimate of drug-likeness (QED) is 0.881. The molecule has 1 heterocycles. The summed E-state index contributed by atoms with van der Waals surface area (Å²) in [6.07, 6.45) is 0. The molecule has 4 nitrogen and oxygen atoms in total. The van der Waals surface area contributed by atoms with E-state index in [2.05, 4.69) is 10.1 Å². The zero-order chi connectivity index (χ0) is 14.7. The van der Waals surface area contributed by atoms with E-state index < -0.39 is 11.8 Å². The molecule has 1 N–H and O–H groups in total. The predicted molar refractivity (Wildman–Crippen MR) is 72.4 cm³/mol. The number of furan rings is 1. The molecule has 0 bridgehead atoms. The molecule has 0 amide bonds. The summed E-state index contributed by atoms with van der Waals surface area (Å²) in [4.78, 5) is 11.4. The molecule has 106 valence electrons. The van der Waals surface area contributed by atoms with Crippen LogP contribution in [0.5, 0.6) is 0 Å². The molecule has 0 radical (unpaired) electrons. The molecular formula is C14H13ClFNO3. The Morgan fingerprint density at radius 2 is 2.15 bits per heavy atom. The third-order valence-electron chi connectivity index (χ3n) is 2.86. The van der Waals surface area contributed by atoms with Crippen molar-refractivity contribution in [2.24, 2.45) is 0 Å². The van der Waals surface area contributed by atoms with Crippen molar-refractivity contribution in [1.82, 2.24) is 5.32 Å². The van der Waals surface area contributed by atoms with Crippen molar-refractivity contribution in [1.29, 1.82) is 0 Å². The van der Waals surface area contributed by atoms with Gasteiger partial charge < -0.3 is 14.5 Å². The molecule has 0 aliphatic heterocycles. The SMILES string of the molecule is CNC(c1ccc(C(=O)OC)o1)c1ccc(F)cc1Cl. The first-order valence-corrected chi connectivity index (χ1v) is 6.25. The van der Waals surface area contributed by atoms with Gasteiger partial charge in [0.15, 0.2) is 0 Å². The lowest BCUT2D eigenvalue weighted by Crippen LogP contribution is -2.17. The summed E-state index contributed by atoms with van der Waals surface area (Å²) < 4.78 is 23.1. The molecule has 6 heteroatoms. The van der Waals surface area contributed by atoms with E-state index in [0.29, 0.717) is 11.3 Å². The highest BCUT2D eigenvalue weighted by Crippen LogP contribution is 2.29. The first-order chi connectivity index (χ1) is 9.56. The van der Waals surface area contributed by atoms with Gasteiger partial charge in [-0.15, -0.1) is 0 Å². The number of ether oxygens (including phenoxy) is 1. The van der Waals surface area contributed by atoms with Gasteiger partial charge in [0.2, 0.25) is 5.76 Å². The second-order valence-electron chi connectivity index (χ2n) is 4.08. The van der Waals surface area contributed by atoms with Crippen molar-refractivity contribution in [2.45, 2.75) is 6.04 Å². The van der Waals surface area contributed by atoms with E-state index in [1.165, 1.54) is 25.3 Å². The molecule has 1 aromatic carbocycles. The van der Waals surface area contributed by atoms with Crippen LogP contribution in [-0.2, 0) is 4.74 Å². The van der Waals surface area contributed by atoms with Gasteiger partial charge in [-0.3, -0.25) is 0 Å². The van der Waals surface area contributed by atoms with Crippen LogP contribution in [0.3, 0.4) is 0 Å². The standard InChI is InChI=1S/C14H13ClFNO3/c1-17-13(9-4-3-8(16)7-10(9)15)11-5-6-12(20-11)14(18)19-2/h3-7,13,17H,1-2H3. The fraction of sp³-hybridized carbons (Fsp3) is 0.214. The molecule has 0 spiro atoms. The monoisotopic (exact) mass is 297 g/mol. The van der Waals surface area contributed by atoms with Crippen LogP contribution >= 0.6 is 11.6 Å². The Balaban J connectivity index is 2.37. The largest absolute Gasteiger partial charge is 0.463 e. The van der Waals surface area contributed by atoms with Crippen molar-refractivity contribution in [3.63, 3.8) is 0 Å². The molecule has 1 aromatic heterocycles. The lowest BCUT2D eigenvalue weighted by molar-refractivity contribution is 0.0562. The Labute approximate surface area is 120 Å². The molecular weight excluding hydrogens is 285 g/mol. The minimum atomic E-state index is -0.559. The van der Waals surface area contributed by atoms with Gasteiger partial charge in [0.25, 0.3) is 0 Å². The van der Waals surface area contributed by atoms with E-state index in [4.69, 9.17) is 16.0 Å². The molecule has 0 aliphatic carbocycles. The Bertz CT molecular complexity index is 627. The van der Waals surface area contributed by atoms with Gasteiger partial charge in [-0.25, -0.2) is 9.18 Å². The maximum Gasteiger partial charge on any atom is 0.373 e. The van der Waals surface area contributed by atoms with E-state index in [1.807, 2.05) is 0 Å². The molecule has 0 aliphatic rings. The zero-order valence-corrected chi connectivity index (χ0v) is 11.7. The van der Waals surface area contributed by atoms with E-state index in [-0.39, 0.29) is 16.8 Å². The lowest BCUT2D eigenvalue weighted by atomic mass is 10.0. The summed E-state index contributed by atoms with van der Waals surface area (Å²) in [7, 11) is 2.99. The molecule has 2 rings (SSSR count). The van der Waals surface area contributed by atoms with E-state index >= 15 is 0 Å². The number of carbonyl (C=O) groups is 1. The number of esters is 1. The second-order valence-corrected chi connectivity index (χ2v) is 4.49. The maximum absolute atomic E-state index is 13.1. The van der Waals surface area contributed by atoms with Gasteiger partial charge in [-0.2, -0.15) is 0 Å². The topological polar surface area (TPSA) is 51.5 Å². The summed E-state index contributed by atoms with van der Waals surface area (Å²) in [5, 5.41) is 3.29. The van der Waals surface area contributed by atoms with Crippen molar-refractivity contribution >= 4 is 17.6 Å². The average molecular weight is 298 g/mol. The number of hydrogen-bond donors (Lipinski definition) is 1. The Hall–Kier alpha value is -1.85. The Morgan fingerprint density at radius 3 is 2.75 bits per heavy atom. The Morgan fingerprint density at radius 1 is 1.40 bits per heavy atom. The summed E-state index contributed by atoms with van der Waals surface area (Å²) in [5.41, 5.74) is 0.654. The number of carbonyl (C=O) groups excluding carboxylic acids is 1. The highest BCUT2D eigenvalue weighted by molar-refractivity contribution is 6.31. The molecule has 0 fully saturated rings. The highest BCUT2D eigenvalue weighted by Gasteiger charge is 2.21. The summed E-state index contributed by atoms with van der Waals surface area (Å²) in [6.45, 7) is 0. The minimum Gasteiger partial charge on any atom is -0.463 e. The summed E-state index contributed by atoms with van der Waals surface area (Å²) >= 11 is 6.04. The van der Waals surface area contributed by atoms with E-state index in [9.17, 15) is 9.18 Å². The summed E-state index contributed by atoms with van der Waals surface area (Å²) in [6, 6.07) is 6.89. The maximum atomic E-state index is 13.1. The van der Waals surface area contributed by atoms with Gasteiger partial charge >= 0.3 is 5.97 Å². The Kier molecular flexibility index (Phi) is 4.42. The van der Waals surface area contributed by atoms with Gasteiger partial charge in [0.05, 0.1) is 13.2 Å². The lowest BCUT2D eigenvalue weighted by Gasteiger charge is -2.15. The minimum absolute atomic E-state index is 0.0981. The number of hydrogen-bond acceptors (Lipinski definition) is 4. The van der Waals surface area contributed by atoms with Crippen molar-refractivity contribution < 1.29 is 18.3 Å². The van der Waals surface area contributed by atoms with Crippen LogP contribution in [0.25, 0.3) is 0 Å². The number of rotatable bonds is 4. The first kappa shape index (κ1) is 14.6. The molecule has 2 aromatic rings. The summed E-state index contributed by atoms with van der Waals surface area (Å²) in [5.74, 6) is -0.387. The van der Waals surface area contributed by atoms with Crippen LogP contribution in [0, 0.1) is 5.82 Å². The molecule has 1 atom stereocenters. The van der Waals surface area contributed by atoms with Gasteiger partial charge in [0.1, 0.15) is 11.6 Å². The van der Waals surface area contributed by atoms with Crippen LogP contribution < -0.4 is 5.32 Å². The van der Waals surface area contributed by atoms with Crippen LogP contribution in [0.4, 0.5) is 4.39 Å². The predicted octanol–water partition coefficient (Wildman–Crippen LogP) is 3.17. The van der Waals surface area contributed by atoms with Crippen LogP contribution in [-0.4, -0.2) is 20.1 Å². The third-order valence-corrected chi connectivity index (χ3v) is 3.19. The normalized spacial score (nSPS) is 12.2. The third kappa shape index (κ3) is 2.84. The molecule has 0 saturated carbocycles. The zero-order valence-electron chi connectivity index (χ0n) is 10.9. The van der Waals surface area contributed by atoms with Gasteiger partial charge in [0, 0.05) is 5.02 Å². The highest BCUT2D eigenvalue weighted by atomic mass is 35.5. The number of halogens is 2. The fourth-order valence-electron chi connectivity index (χ4n) is 1.90. The van der Waals surface area contributed by atoms with Crippen LogP contribution in [0.15, 0.2) is 34.7 Å². The number of benzene rings is 1. The second kappa shape index (κ2) is 6.07. The first-order valence-electron chi connectivity index (χ1n) is 5.87. The van der Waals surface area contributed by atoms with Crippen molar-refractivity contribution in [3.8, 4) is 0 Å². The van der Waals surface area contributed by atoms with Gasteiger partial charge in [-0.05, 0) is 36.9 Å². The number of methoxy groups -OCH3 is 1. The van der Waals surface area contributed by atoms with E-state index in [1.54, 1.807) is 19.2 Å². The molecule has 1 unspecified atom stereocenters. The van der Waals surface area contributed by atoms with Crippen molar-refractivity contribution in [2.75, 3.05) is 14.2 Å². The number of nitrogens with one attached hydrogen (secondary N) is 1. The average Bonchev–Trinajstić information content (AvgIpc) is 2.90. The van der Waals surface area contributed by atoms with Crippen LogP contribution in [0.1, 0.15) is 27.9 Å². The fourth-order valence-corrected chi connectivity index (χ4v) is 2.18.